The zero-order valence-corrected chi connectivity index (χ0v) is 18.1. The monoisotopic (exact) mass is 433 g/mol. The summed E-state index contributed by atoms with van der Waals surface area (Å²) in [5, 5.41) is 9.65. The molecule has 0 radical (unpaired) electrons. The number of benzene rings is 2. The lowest BCUT2D eigenvalue weighted by Crippen LogP contribution is -1.88. The van der Waals surface area contributed by atoms with Crippen molar-refractivity contribution in [1.82, 2.24) is 25.1 Å². The van der Waals surface area contributed by atoms with Crippen LogP contribution < -0.4 is 0 Å². The Morgan fingerprint density at radius 2 is 1.76 bits per heavy atom. The normalized spacial score (nSPS) is 11.5. The highest BCUT2D eigenvalue weighted by Crippen LogP contribution is 2.35. The van der Waals surface area contributed by atoms with E-state index in [2.05, 4.69) is 31.2 Å². The fourth-order valence-electron chi connectivity index (χ4n) is 4.43. The minimum atomic E-state index is -0.234. The van der Waals surface area contributed by atoms with Crippen LogP contribution in [0.4, 0.5) is 4.39 Å². The molecule has 6 heteroatoms. The molecule has 0 saturated heterocycles. The molecule has 0 spiro atoms. The molecule has 0 aliphatic rings. The minimum Gasteiger partial charge on any atom is -0.353 e. The Kier molecular flexibility index (Phi) is 4.33. The van der Waals surface area contributed by atoms with Crippen LogP contribution in [0.2, 0.25) is 0 Å². The van der Waals surface area contributed by atoms with Crippen LogP contribution in [0.1, 0.15) is 11.1 Å². The molecule has 6 rings (SSSR count). The van der Waals surface area contributed by atoms with Crippen LogP contribution in [0.15, 0.2) is 73.2 Å². The number of pyridine rings is 2. The Bertz CT molecular complexity index is 1640. The van der Waals surface area contributed by atoms with Gasteiger partial charge in [0.1, 0.15) is 11.5 Å². The maximum absolute atomic E-state index is 14.1. The van der Waals surface area contributed by atoms with E-state index >= 15 is 0 Å². The predicted molar refractivity (Wildman–Crippen MR) is 129 cm³/mol. The molecule has 0 bridgehead atoms. The van der Waals surface area contributed by atoms with Gasteiger partial charge in [0.15, 0.2) is 0 Å². The Hall–Kier alpha value is -4.32. The predicted octanol–water partition coefficient (Wildman–Crippen LogP) is 6.59. The molecule has 2 N–H and O–H groups in total. The third-order valence-electron chi connectivity index (χ3n) is 6.03. The van der Waals surface area contributed by atoms with Crippen molar-refractivity contribution in [1.29, 1.82) is 0 Å². The third-order valence-corrected chi connectivity index (χ3v) is 6.03. The maximum Gasteiger partial charge on any atom is 0.124 e. The van der Waals surface area contributed by atoms with Gasteiger partial charge in [-0.3, -0.25) is 15.1 Å². The highest BCUT2D eigenvalue weighted by molar-refractivity contribution is 6.01. The second kappa shape index (κ2) is 7.38. The van der Waals surface area contributed by atoms with Crippen molar-refractivity contribution in [3.63, 3.8) is 0 Å². The summed E-state index contributed by atoms with van der Waals surface area (Å²) in [5.41, 5.74) is 9.21. The second-order valence-corrected chi connectivity index (χ2v) is 8.35. The highest BCUT2D eigenvalue weighted by Gasteiger charge is 2.15. The molecule has 5 nitrogen and oxygen atoms in total. The number of aromatic amines is 2. The molecule has 0 saturated carbocycles. The van der Waals surface area contributed by atoms with Crippen molar-refractivity contribution in [3.05, 3.63) is 90.1 Å². The molecular formula is C27H20FN5. The second-order valence-electron chi connectivity index (χ2n) is 8.35. The van der Waals surface area contributed by atoms with Gasteiger partial charge in [0, 0.05) is 34.2 Å². The van der Waals surface area contributed by atoms with Gasteiger partial charge in [-0.2, -0.15) is 5.10 Å². The standard InChI is InChI=1S/C27H20FN5/c1-15-8-17(10-18(28)9-15)19-4-3-5-23-20(19)11-25(31-23)27-21-12-24(30-14-26(21)32-33-27)22-13-29-7-6-16(22)2/h3-14,31H,1-2H3,(H,32,33). The fraction of sp³-hybridized carbons (Fsp3) is 0.0741. The summed E-state index contributed by atoms with van der Waals surface area (Å²) in [5.74, 6) is -0.234. The number of rotatable bonds is 3. The highest BCUT2D eigenvalue weighted by atomic mass is 19.1. The lowest BCUT2D eigenvalue weighted by molar-refractivity contribution is 0.627. The van der Waals surface area contributed by atoms with Crippen molar-refractivity contribution in [2.24, 2.45) is 0 Å². The smallest absolute Gasteiger partial charge is 0.124 e. The van der Waals surface area contributed by atoms with Crippen LogP contribution in [-0.4, -0.2) is 25.1 Å². The first-order chi connectivity index (χ1) is 16.1. The zero-order valence-electron chi connectivity index (χ0n) is 18.1. The SMILES string of the molecule is Cc1cc(F)cc(-c2cccc3[nH]c(-c4n[nH]c5cnc(-c6cnccc6C)cc45)cc23)c1. The van der Waals surface area contributed by atoms with E-state index in [9.17, 15) is 4.39 Å². The first-order valence-electron chi connectivity index (χ1n) is 10.7. The van der Waals surface area contributed by atoms with Crippen LogP contribution in [0, 0.1) is 19.7 Å². The van der Waals surface area contributed by atoms with Gasteiger partial charge in [-0.05, 0) is 72.5 Å². The minimum absolute atomic E-state index is 0.234. The van der Waals surface area contributed by atoms with Gasteiger partial charge in [-0.15, -0.1) is 0 Å². The molecule has 0 atom stereocenters. The van der Waals surface area contributed by atoms with Gasteiger partial charge < -0.3 is 4.98 Å². The molecule has 4 heterocycles. The zero-order chi connectivity index (χ0) is 22.5. The van der Waals surface area contributed by atoms with Crippen molar-refractivity contribution in [2.75, 3.05) is 0 Å². The molecular weight excluding hydrogens is 413 g/mol. The number of fused-ring (bicyclic) bond motifs is 2. The van der Waals surface area contributed by atoms with E-state index in [-0.39, 0.29) is 5.82 Å². The first kappa shape index (κ1) is 19.4. The average Bonchev–Trinajstić information content (AvgIpc) is 3.42. The summed E-state index contributed by atoms with van der Waals surface area (Å²) >= 11 is 0. The number of halogens is 1. The molecule has 2 aromatic carbocycles. The number of aryl methyl sites for hydroxylation is 2. The number of H-pyrrole nitrogens is 2. The number of nitrogens with zero attached hydrogens (tertiary/aromatic N) is 3. The van der Waals surface area contributed by atoms with Crippen LogP contribution in [0.5, 0.6) is 0 Å². The Balaban J connectivity index is 1.52. The molecule has 0 amide bonds. The molecule has 160 valence electrons. The van der Waals surface area contributed by atoms with Gasteiger partial charge >= 0.3 is 0 Å². The summed E-state index contributed by atoms with van der Waals surface area (Å²) < 4.78 is 14.1. The summed E-state index contributed by atoms with van der Waals surface area (Å²) in [4.78, 5) is 12.3. The van der Waals surface area contributed by atoms with E-state index in [4.69, 9.17) is 0 Å². The lowest BCUT2D eigenvalue weighted by atomic mass is 9.99. The van der Waals surface area contributed by atoms with Crippen molar-refractivity contribution in [2.45, 2.75) is 13.8 Å². The van der Waals surface area contributed by atoms with Gasteiger partial charge in [0.05, 0.1) is 23.1 Å². The van der Waals surface area contributed by atoms with Crippen LogP contribution in [-0.2, 0) is 0 Å². The molecule has 33 heavy (non-hydrogen) atoms. The van der Waals surface area contributed by atoms with Gasteiger partial charge in [0.25, 0.3) is 0 Å². The van der Waals surface area contributed by atoms with Crippen LogP contribution >= 0.6 is 0 Å². The van der Waals surface area contributed by atoms with Crippen molar-refractivity contribution < 1.29 is 4.39 Å². The van der Waals surface area contributed by atoms with E-state index in [1.54, 1.807) is 18.5 Å². The van der Waals surface area contributed by atoms with E-state index in [0.717, 1.165) is 66.7 Å². The van der Waals surface area contributed by atoms with E-state index in [1.807, 2.05) is 56.4 Å². The van der Waals surface area contributed by atoms with Crippen molar-refractivity contribution >= 4 is 21.8 Å². The quantitative estimate of drug-likeness (QED) is 0.331. The van der Waals surface area contributed by atoms with E-state index in [0.29, 0.717) is 0 Å². The lowest BCUT2D eigenvalue weighted by Gasteiger charge is -2.05. The Morgan fingerprint density at radius 3 is 2.61 bits per heavy atom. The summed E-state index contributed by atoms with van der Waals surface area (Å²) in [7, 11) is 0. The maximum atomic E-state index is 14.1. The van der Waals surface area contributed by atoms with Crippen molar-refractivity contribution in [3.8, 4) is 33.8 Å². The van der Waals surface area contributed by atoms with Crippen LogP contribution in [0.3, 0.4) is 0 Å². The van der Waals surface area contributed by atoms with Gasteiger partial charge in [0.2, 0.25) is 0 Å². The largest absolute Gasteiger partial charge is 0.353 e. The molecule has 0 fully saturated rings. The number of hydrogen-bond acceptors (Lipinski definition) is 3. The number of aromatic nitrogens is 5. The molecule has 0 unspecified atom stereocenters. The molecule has 0 aliphatic heterocycles. The summed E-state index contributed by atoms with van der Waals surface area (Å²) in [6, 6.07) is 17.2. The average molecular weight is 433 g/mol. The Labute approximate surface area is 189 Å². The molecule has 0 aliphatic carbocycles. The third kappa shape index (κ3) is 3.27. The molecule has 6 aromatic rings. The molecule has 4 aromatic heterocycles. The first-order valence-corrected chi connectivity index (χ1v) is 10.7. The number of nitrogens with one attached hydrogen (secondary N) is 2. The Morgan fingerprint density at radius 1 is 0.848 bits per heavy atom. The summed E-state index contributed by atoms with van der Waals surface area (Å²) in [6.07, 6.45) is 5.42. The van der Waals surface area contributed by atoms with E-state index in [1.165, 1.54) is 6.07 Å². The van der Waals surface area contributed by atoms with E-state index < -0.39 is 0 Å². The number of hydrogen-bond donors (Lipinski definition) is 2. The fourth-order valence-corrected chi connectivity index (χ4v) is 4.43. The van der Waals surface area contributed by atoms with Gasteiger partial charge in [-0.1, -0.05) is 18.2 Å². The van der Waals surface area contributed by atoms with Crippen LogP contribution in [0.25, 0.3) is 55.6 Å². The summed E-state index contributed by atoms with van der Waals surface area (Å²) in [6.45, 7) is 3.95. The topological polar surface area (TPSA) is 70.2 Å². The van der Waals surface area contributed by atoms with Gasteiger partial charge in [-0.25, -0.2) is 4.39 Å².